The summed E-state index contributed by atoms with van der Waals surface area (Å²) in [7, 11) is 0. The van der Waals surface area contributed by atoms with Crippen LogP contribution < -0.4 is 0 Å². The zero-order valence-electron chi connectivity index (χ0n) is 54.9. The molecule has 0 spiro atoms. The average molecular weight is 1160 g/mol. The lowest BCUT2D eigenvalue weighted by Crippen LogP contribution is -2.12. The van der Waals surface area contributed by atoms with Gasteiger partial charge in [-0.05, 0) is 269 Å². The Labute approximate surface area is 524 Å². The molecule has 2 atom stereocenters. The van der Waals surface area contributed by atoms with Crippen LogP contribution in [0.3, 0.4) is 0 Å². The van der Waals surface area contributed by atoms with E-state index in [0.717, 1.165) is 12.8 Å². The minimum Gasteiger partial charge on any atom is -0.308 e. The first kappa shape index (κ1) is 55.6. The van der Waals surface area contributed by atoms with Gasteiger partial charge in [-0.3, -0.25) is 0 Å². The molecule has 0 bridgehead atoms. The van der Waals surface area contributed by atoms with Gasteiger partial charge in [-0.25, -0.2) is 0 Å². The van der Waals surface area contributed by atoms with Gasteiger partial charge in [0, 0.05) is 43.1 Å². The van der Waals surface area contributed by atoms with Gasteiger partial charge in [0.15, 0.2) is 0 Å². The largest absolute Gasteiger partial charge is 0.308 e. The molecule has 0 saturated carbocycles. The maximum atomic E-state index is 2.59. The Bertz CT molecular complexity index is 5600. The normalized spacial score (nSPS) is 13.6. The van der Waals surface area contributed by atoms with Crippen molar-refractivity contribution in [2.75, 3.05) is 0 Å². The highest BCUT2D eigenvalue weighted by Crippen LogP contribution is 2.48. The zero-order valence-corrected chi connectivity index (χ0v) is 54.9. The fourth-order valence-electron chi connectivity index (χ4n) is 16.2. The van der Waals surface area contributed by atoms with E-state index >= 15 is 0 Å². The number of nitrogens with zero attached hydrogens (tertiary/aromatic N) is 2. The molecule has 0 aliphatic heterocycles. The van der Waals surface area contributed by atoms with E-state index in [1.165, 1.54) is 197 Å². The average Bonchev–Trinajstić information content (AvgIpc) is 1.57. The van der Waals surface area contributed by atoms with Gasteiger partial charge in [0.05, 0.1) is 33.1 Å². The highest BCUT2D eigenvalue weighted by molar-refractivity contribution is 6.29. The molecule has 440 valence electrons. The molecule has 0 aliphatic rings. The Balaban J connectivity index is 0.759. The lowest BCUT2D eigenvalue weighted by atomic mass is 9.82. The van der Waals surface area contributed by atoms with Crippen molar-refractivity contribution in [1.82, 2.24) is 8.80 Å². The Morgan fingerprint density at radius 2 is 0.584 bits per heavy atom. The van der Waals surface area contributed by atoms with Crippen LogP contribution in [0.2, 0.25) is 0 Å². The van der Waals surface area contributed by atoms with Crippen molar-refractivity contribution in [3.63, 3.8) is 0 Å². The van der Waals surface area contributed by atoms with Gasteiger partial charge in [0.2, 0.25) is 0 Å². The molecular formula is C87H82N2. The molecule has 0 amide bonds. The van der Waals surface area contributed by atoms with E-state index in [4.69, 9.17) is 0 Å². The van der Waals surface area contributed by atoms with E-state index in [9.17, 15) is 0 Å². The van der Waals surface area contributed by atoms with Crippen molar-refractivity contribution in [1.29, 1.82) is 0 Å². The smallest absolute Gasteiger partial charge is 0.0620 e. The molecule has 2 nitrogen and oxygen atoms in total. The van der Waals surface area contributed by atoms with Gasteiger partial charge in [0.1, 0.15) is 0 Å². The number of benzene rings is 12. The SMILES string of the molecule is Cc1cc(C(C)C)cc(C)c1-c1cc2c3cc4cc(C(C)C)ccc4cc3n3c4cc5ccc(C(C)CCC(C)c6ccc7cc8c(cc7c6)c6cc(-c7c(C)cc(C(C)(C)C)cc7C)cc7c9cc%10cc(C(C)C)ccc%10cc9n8c76)cc5cc4c(c1)c23. The van der Waals surface area contributed by atoms with E-state index in [1.807, 2.05) is 0 Å². The van der Waals surface area contributed by atoms with Crippen LogP contribution in [0.5, 0.6) is 0 Å². The van der Waals surface area contributed by atoms with E-state index < -0.39 is 0 Å². The van der Waals surface area contributed by atoms with Crippen molar-refractivity contribution in [2.24, 2.45) is 0 Å². The third kappa shape index (κ3) is 8.63. The molecule has 0 aliphatic carbocycles. The summed E-state index contributed by atoms with van der Waals surface area (Å²) in [5.74, 6) is 2.23. The molecule has 16 rings (SSSR count). The van der Waals surface area contributed by atoms with Crippen LogP contribution in [-0.4, -0.2) is 8.80 Å². The monoisotopic (exact) mass is 1150 g/mol. The van der Waals surface area contributed by atoms with Gasteiger partial charge < -0.3 is 8.80 Å². The van der Waals surface area contributed by atoms with Gasteiger partial charge in [-0.2, -0.15) is 0 Å². The minimum absolute atomic E-state index is 0.0762. The number of fused-ring (bicyclic) bond motifs is 16. The standard InChI is InChI=1S/C87H82N2/c1-46(2)55-18-22-59-42-79-71(34-64(59)30-55)75-38-68(83-51(9)26-63(48(5)6)27-52(83)10)39-76-73-36-66-32-57(20-24-61(66)44-81(73)88(79)85(75)76)49(7)16-17-50(8)58-21-25-62-45-82-74(37-67(62)33-58)78-41-69(84-53(11)28-70(29-54(84)12)87(13,14)15)40-77-72-35-65-31-56(47(3)4)19-23-60(65)43-80(72)89(82)86(77)78/h18-50H,16-17H2,1-15H3. The molecule has 12 aromatic carbocycles. The third-order valence-electron chi connectivity index (χ3n) is 21.4. The summed E-state index contributed by atoms with van der Waals surface area (Å²) in [5.41, 5.74) is 26.9. The highest BCUT2D eigenvalue weighted by Gasteiger charge is 2.26. The first-order valence-electron chi connectivity index (χ1n) is 33.2. The van der Waals surface area contributed by atoms with Gasteiger partial charge in [-0.15, -0.1) is 0 Å². The van der Waals surface area contributed by atoms with Crippen molar-refractivity contribution in [3.05, 3.63) is 225 Å². The lowest BCUT2D eigenvalue weighted by Gasteiger charge is -2.22. The Hall–Kier alpha value is -8.72. The van der Waals surface area contributed by atoms with Crippen LogP contribution in [0.15, 0.2) is 170 Å². The predicted octanol–water partition coefficient (Wildman–Crippen LogP) is 25.5. The molecule has 4 aromatic heterocycles. The summed E-state index contributed by atoms with van der Waals surface area (Å²) >= 11 is 0. The minimum atomic E-state index is 0.0762. The van der Waals surface area contributed by atoms with Crippen LogP contribution in [0.1, 0.15) is 174 Å². The van der Waals surface area contributed by atoms with Crippen LogP contribution in [0.4, 0.5) is 0 Å². The Kier molecular flexibility index (Phi) is 12.4. The van der Waals surface area contributed by atoms with Crippen molar-refractivity contribution >= 4 is 119 Å². The number of hydrogen-bond donors (Lipinski definition) is 0. The Morgan fingerprint density at radius 1 is 0.292 bits per heavy atom. The third-order valence-corrected chi connectivity index (χ3v) is 21.4. The second-order valence-electron chi connectivity index (χ2n) is 29.5. The second kappa shape index (κ2) is 19.9. The summed E-state index contributed by atoms with van der Waals surface area (Å²) < 4.78 is 5.17. The summed E-state index contributed by atoms with van der Waals surface area (Å²) in [4.78, 5) is 0. The molecule has 0 fully saturated rings. The fraction of sp³-hybridized carbons (Fsp3) is 0.264. The van der Waals surface area contributed by atoms with Gasteiger partial charge in [0.25, 0.3) is 0 Å². The first-order chi connectivity index (χ1) is 42.6. The number of aromatic nitrogens is 2. The molecule has 0 saturated heterocycles. The molecule has 2 heteroatoms. The summed E-state index contributed by atoms with van der Waals surface area (Å²) in [5, 5.41) is 21.1. The summed E-state index contributed by atoms with van der Waals surface area (Å²) in [6, 6.07) is 68.4. The van der Waals surface area contributed by atoms with Crippen LogP contribution in [0, 0.1) is 27.7 Å². The van der Waals surface area contributed by atoms with Crippen molar-refractivity contribution < 1.29 is 0 Å². The van der Waals surface area contributed by atoms with Gasteiger partial charge >= 0.3 is 0 Å². The van der Waals surface area contributed by atoms with E-state index in [1.54, 1.807) is 0 Å². The zero-order chi connectivity index (χ0) is 61.5. The molecular weight excluding hydrogens is 1070 g/mol. The highest BCUT2D eigenvalue weighted by atomic mass is 14.9. The number of rotatable bonds is 10. The van der Waals surface area contributed by atoms with Gasteiger partial charge in [-0.1, -0.05) is 173 Å². The summed E-state index contributed by atoms with van der Waals surface area (Å²) in [6.07, 6.45) is 2.22. The van der Waals surface area contributed by atoms with Crippen molar-refractivity contribution in [3.8, 4) is 22.3 Å². The second-order valence-corrected chi connectivity index (χ2v) is 29.5. The van der Waals surface area contributed by atoms with Crippen LogP contribution in [0.25, 0.3) is 142 Å². The van der Waals surface area contributed by atoms with E-state index in [2.05, 4.69) is 283 Å². The van der Waals surface area contributed by atoms with E-state index in [0.29, 0.717) is 29.6 Å². The maximum absolute atomic E-state index is 2.59. The number of hydrogen-bond acceptors (Lipinski definition) is 0. The predicted molar refractivity (Wildman–Crippen MR) is 389 cm³/mol. The first-order valence-corrected chi connectivity index (χ1v) is 33.2. The molecule has 16 aromatic rings. The molecule has 0 N–H and O–H groups in total. The molecule has 2 unspecified atom stereocenters. The lowest BCUT2D eigenvalue weighted by molar-refractivity contribution is 0.574. The molecule has 4 heterocycles. The maximum Gasteiger partial charge on any atom is 0.0620 e. The van der Waals surface area contributed by atoms with Crippen LogP contribution in [-0.2, 0) is 5.41 Å². The fourth-order valence-corrected chi connectivity index (χ4v) is 16.2. The van der Waals surface area contributed by atoms with Crippen molar-refractivity contribution in [2.45, 2.75) is 152 Å². The summed E-state index contributed by atoms with van der Waals surface area (Å²) in [6.45, 7) is 34.9. The Morgan fingerprint density at radius 3 is 0.888 bits per heavy atom. The topological polar surface area (TPSA) is 8.82 Å². The number of aryl methyl sites for hydroxylation is 4. The molecule has 89 heavy (non-hydrogen) atoms. The van der Waals surface area contributed by atoms with Crippen LogP contribution >= 0.6 is 0 Å². The molecule has 0 radical (unpaired) electrons. The quantitative estimate of drug-likeness (QED) is 0.129. The van der Waals surface area contributed by atoms with E-state index in [-0.39, 0.29) is 5.41 Å².